The van der Waals surface area contributed by atoms with E-state index in [4.69, 9.17) is 5.11 Å². The fraction of sp³-hybridized carbons (Fsp3) is 0.417. The van der Waals surface area contributed by atoms with Gasteiger partial charge in [-0.1, -0.05) is 6.07 Å². The van der Waals surface area contributed by atoms with Crippen LogP contribution in [0.5, 0.6) is 0 Å². The summed E-state index contributed by atoms with van der Waals surface area (Å²) in [5, 5.41) is 8.65. The first-order chi connectivity index (χ1) is 8.13. The summed E-state index contributed by atoms with van der Waals surface area (Å²) in [6.45, 7) is 1.95. The van der Waals surface area contributed by atoms with Crippen LogP contribution < -0.4 is 0 Å². The number of carbonyl (C=O) groups is 2. The van der Waals surface area contributed by atoms with Gasteiger partial charge in [-0.3, -0.25) is 14.6 Å². The van der Waals surface area contributed by atoms with Gasteiger partial charge in [-0.25, -0.2) is 0 Å². The molecule has 0 fully saturated rings. The van der Waals surface area contributed by atoms with Gasteiger partial charge in [-0.05, 0) is 25.0 Å². The van der Waals surface area contributed by atoms with Gasteiger partial charge in [0, 0.05) is 25.4 Å². The number of amides is 1. The van der Waals surface area contributed by atoms with E-state index in [9.17, 15) is 9.59 Å². The minimum atomic E-state index is -0.985. The minimum Gasteiger partial charge on any atom is -0.480 e. The highest BCUT2D eigenvalue weighted by Crippen LogP contribution is 2.03. The molecule has 1 aromatic rings. The van der Waals surface area contributed by atoms with Crippen molar-refractivity contribution in [1.29, 1.82) is 0 Å². The van der Waals surface area contributed by atoms with Crippen LogP contribution in [0.3, 0.4) is 0 Å². The molecule has 1 rings (SSSR count). The lowest BCUT2D eigenvalue weighted by molar-refractivity contribution is -0.144. The van der Waals surface area contributed by atoms with Crippen LogP contribution in [0.4, 0.5) is 0 Å². The molecule has 5 nitrogen and oxygen atoms in total. The molecule has 0 aromatic carbocycles. The lowest BCUT2D eigenvalue weighted by atomic mass is 10.1. The Bertz CT molecular complexity index is 379. The molecular formula is C12H16N2O3. The Morgan fingerprint density at radius 1 is 1.47 bits per heavy atom. The lowest BCUT2D eigenvalue weighted by Crippen LogP contribution is -2.35. The first kappa shape index (κ1) is 13.2. The van der Waals surface area contributed by atoms with Gasteiger partial charge < -0.3 is 10.0 Å². The molecule has 92 valence electrons. The lowest BCUT2D eigenvalue weighted by Gasteiger charge is -2.18. The number of carboxylic acid groups (broad SMARTS) is 1. The number of hydrogen-bond donors (Lipinski definition) is 1. The van der Waals surface area contributed by atoms with Crippen LogP contribution >= 0.6 is 0 Å². The van der Waals surface area contributed by atoms with Crippen molar-refractivity contribution < 1.29 is 14.7 Å². The van der Waals surface area contributed by atoms with Gasteiger partial charge in [0.1, 0.15) is 6.54 Å². The normalized spacial score (nSPS) is 9.94. The highest BCUT2D eigenvalue weighted by Gasteiger charge is 2.14. The molecule has 0 unspecified atom stereocenters. The van der Waals surface area contributed by atoms with Crippen LogP contribution in [-0.2, 0) is 16.0 Å². The maximum atomic E-state index is 11.7. The zero-order chi connectivity index (χ0) is 12.7. The summed E-state index contributed by atoms with van der Waals surface area (Å²) in [6.07, 6.45) is 4.28. The first-order valence-electron chi connectivity index (χ1n) is 5.52. The van der Waals surface area contributed by atoms with E-state index in [-0.39, 0.29) is 12.5 Å². The van der Waals surface area contributed by atoms with Crippen molar-refractivity contribution in [2.24, 2.45) is 0 Å². The highest BCUT2D eigenvalue weighted by molar-refractivity contribution is 5.81. The zero-order valence-electron chi connectivity index (χ0n) is 9.80. The average Bonchev–Trinajstić information content (AvgIpc) is 2.34. The van der Waals surface area contributed by atoms with E-state index in [0.717, 1.165) is 5.56 Å². The van der Waals surface area contributed by atoms with E-state index in [2.05, 4.69) is 4.98 Å². The van der Waals surface area contributed by atoms with E-state index < -0.39 is 5.97 Å². The number of aliphatic carboxylic acids is 1. The van der Waals surface area contributed by atoms with Crippen LogP contribution in [0.25, 0.3) is 0 Å². The van der Waals surface area contributed by atoms with E-state index >= 15 is 0 Å². The van der Waals surface area contributed by atoms with Gasteiger partial charge in [0.25, 0.3) is 0 Å². The van der Waals surface area contributed by atoms with Crippen molar-refractivity contribution in [2.75, 3.05) is 13.1 Å². The smallest absolute Gasteiger partial charge is 0.323 e. The number of aromatic nitrogens is 1. The molecule has 0 saturated heterocycles. The number of likely N-dealkylation sites (N-methyl/N-ethyl adjacent to an activating group) is 1. The molecule has 1 amide bonds. The Labute approximate surface area is 100 Å². The topological polar surface area (TPSA) is 70.5 Å². The van der Waals surface area contributed by atoms with Gasteiger partial charge in [-0.2, -0.15) is 0 Å². The molecule has 1 aromatic heterocycles. The average molecular weight is 236 g/mol. The van der Waals surface area contributed by atoms with Crippen LogP contribution in [-0.4, -0.2) is 40.0 Å². The van der Waals surface area contributed by atoms with Gasteiger partial charge in [0.05, 0.1) is 0 Å². The van der Waals surface area contributed by atoms with Gasteiger partial charge in [-0.15, -0.1) is 0 Å². The molecule has 0 aliphatic rings. The fourth-order valence-corrected chi connectivity index (χ4v) is 1.49. The summed E-state index contributed by atoms with van der Waals surface area (Å²) in [4.78, 5) is 27.6. The molecule has 0 saturated carbocycles. The summed E-state index contributed by atoms with van der Waals surface area (Å²) in [6, 6.07) is 3.71. The molecule has 5 heteroatoms. The van der Waals surface area contributed by atoms with E-state index in [1.54, 1.807) is 19.3 Å². The number of carboxylic acids is 1. The monoisotopic (exact) mass is 236 g/mol. The Hall–Kier alpha value is -1.91. The minimum absolute atomic E-state index is 0.140. The number of carbonyl (C=O) groups excluding carboxylic acids is 1. The Morgan fingerprint density at radius 2 is 2.24 bits per heavy atom. The standard InChI is InChI=1S/C12H16N2O3/c1-2-14(9-12(16)17)11(15)6-5-10-4-3-7-13-8-10/h3-4,7-8H,2,5-6,9H2,1H3,(H,16,17). The van der Waals surface area contributed by atoms with Crippen molar-refractivity contribution in [3.63, 3.8) is 0 Å². The zero-order valence-corrected chi connectivity index (χ0v) is 9.80. The van der Waals surface area contributed by atoms with Crippen LogP contribution in [0, 0.1) is 0 Å². The van der Waals surface area contributed by atoms with E-state index in [1.807, 2.05) is 12.1 Å². The molecule has 0 atom stereocenters. The third-order valence-corrected chi connectivity index (χ3v) is 2.41. The molecule has 0 spiro atoms. The number of nitrogens with zero attached hydrogens (tertiary/aromatic N) is 2. The second-order valence-corrected chi connectivity index (χ2v) is 3.66. The molecular weight excluding hydrogens is 220 g/mol. The third kappa shape index (κ3) is 4.63. The quantitative estimate of drug-likeness (QED) is 0.798. The Balaban J connectivity index is 2.45. The van der Waals surface area contributed by atoms with E-state index in [0.29, 0.717) is 19.4 Å². The highest BCUT2D eigenvalue weighted by atomic mass is 16.4. The summed E-state index contributed by atoms with van der Waals surface area (Å²) in [5.74, 6) is -1.12. The Kier molecular flexibility index (Phi) is 5.13. The van der Waals surface area contributed by atoms with Crippen molar-refractivity contribution in [3.05, 3.63) is 30.1 Å². The van der Waals surface area contributed by atoms with Crippen LogP contribution in [0.2, 0.25) is 0 Å². The summed E-state index contributed by atoms with van der Waals surface area (Å²) in [5.41, 5.74) is 0.979. The number of aryl methyl sites for hydroxylation is 1. The van der Waals surface area contributed by atoms with E-state index in [1.165, 1.54) is 4.90 Å². The molecule has 0 radical (unpaired) electrons. The fourth-order valence-electron chi connectivity index (χ4n) is 1.49. The van der Waals surface area contributed by atoms with Crippen LogP contribution in [0.15, 0.2) is 24.5 Å². The molecule has 0 bridgehead atoms. The number of hydrogen-bond acceptors (Lipinski definition) is 3. The third-order valence-electron chi connectivity index (χ3n) is 2.41. The predicted molar refractivity (Wildman–Crippen MR) is 62.4 cm³/mol. The van der Waals surface area contributed by atoms with Gasteiger partial charge in [0.15, 0.2) is 0 Å². The van der Waals surface area contributed by atoms with Crippen molar-refractivity contribution >= 4 is 11.9 Å². The molecule has 17 heavy (non-hydrogen) atoms. The largest absolute Gasteiger partial charge is 0.480 e. The second-order valence-electron chi connectivity index (χ2n) is 3.66. The van der Waals surface area contributed by atoms with Crippen molar-refractivity contribution in [1.82, 2.24) is 9.88 Å². The van der Waals surface area contributed by atoms with Crippen molar-refractivity contribution in [3.8, 4) is 0 Å². The van der Waals surface area contributed by atoms with Crippen LogP contribution in [0.1, 0.15) is 18.9 Å². The molecule has 0 aliphatic carbocycles. The predicted octanol–water partition coefficient (Wildman–Crippen LogP) is 0.947. The maximum absolute atomic E-state index is 11.7. The van der Waals surface area contributed by atoms with Gasteiger partial charge >= 0.3 is 5.97 Å². The first-order valence-corrected chi connectivity index (χ1v) is 5.52. The SMILES string of the molecule is CCN(CC(=O)O)C(=O)CCc1cccnc1. The van der Waals surface area contributed by atoms with Gasteiger partial charge in [0.2, 0.25) is 5.91 Å². The summed E-state index contributed by atoms with van der Waals surface area (Å²) < 4.78 is 0. The molecule has 1 heterocycles. The molecule has 1 N–H and O–H groups in total. The summed E-state index contributed by atoms with van der Waals surface area (Å²) in [7, 11) is 0. The summed E-state index contributed by atoms with van der Waals surface area (Å²) >= 11 is 0. The number of pyridine rings is 1. The van der Waals surface area contributed by atoms with Crippen molar-refractivity contribution in [2.45, 2.75) is 19.8 Å². The molecule has 0 aliphatic heterocycles. The maximum Gasteiger partial charge on any atom is 0.323 e. The second kappa shape index (κ2) is 6.62. The Morgan fingerprint density at radius 3 is 2.76 bits per heavy atom. The number of rotatable bonds is 6.